The van der Waals surface area contributed by atoms with Gasteiger partial charge < -0.3 is 19.4 Å². The third-order valence-corrected chi connectivity index (χ3v) is 5.91. The molecule has 0 saturated carbocycles. The van der Waals surface area contributed by atoms with Gasteiger partial charge in [-0.1, -0.05) is 42.0 Å². The number of morpholine rings is 1. The zero-order valence-electron chi connectivity index (χ0n) is 19.5. The van der Waals surface area contributed by atoms with E-state index >= 15 is 0 Å². The summed E-state index contributed by atoms with van der Waals surface area (Å²) in [4.78, 5) is 29.5. The van der Waals surface area contributed by atoms with E-state index in [-0.39, 0.29) is 17.6 Å². The summed E-state index contributed by atoms with van der Waals surface area (Å²) in [5, 5.41) is 2.99. The Bertz CT molecular complexity index is 1060. The average Bonchev–Trinajstić information content (AvgIpc) is 3.40. The maximum atomic E-state index is 13.1. The van der Waals surface area contributed by atoms with Crippen molar-refractivity contribution in [3.63, 3.8) is 0 Å². The molecule has 0 unspecified atom stereocenters. The summed E-state index contributed by atoms with van der Waals surface area (Å²) < 4.78 is 10.7. The van der Waals surface area contributed by atoms with Crippen LogP contribution in [0, 0.1) is 6.92 Å². The zero-order valence-corrected chi connectivity index (χ0v) is 19.5. The van der Waals surface area contributed by atoms with Crippen LogP contribution in [0.1, 0.15) is 27.2 Å². The number of ether oxygens (including phenoxy) is 1. The predicted molar refractivity (Wildman–Crippen MR) is 131 cm³/mol. The summed E-state index contributed by atoms with van der Waals surface area (Å²) in [6, 6.07) is 19.0. The van der Waals surface area contributed by atoms with E-state index in [0.717, 1.165) is 49.7 Å². The van der Waals surface area contributed by atoms with Gasteiger partial charge >= 0.3 is 0 Å². The van der Waals surface area contributed by atoms with Crippen LogP contribution in [0.4, 0.5) is 5.69 Å². The maximum absolute atomic E-state index is 13.1. The third-order valence-electron chi connectivity index (χ3n) is 5.91. The molecule has 3 aromatic rings. The van der Waals surface area contributed by atoms with Crippen molar-refractivity contribution in [3.8, 4) is 0 Å². The molecule has 2 heterocycles. The van der Waals surface area contributed by atoms with Gasteiger partial charge in [0.05, 0.1) is 32.4 Å². The summed E-state index contributed by atoms with van der Waals surface area (Å²) in [6.07, 6.45) is 1.80. The molecule has 0 bridgehead atoms. The Morgan fingerprint density at radius 3 is 2.35 bits per heavy atom. The summed E-state index contributed by atoms with van der Waals surface area (Å²) in [7, 11) is 0. The molecule has 1 aliphatic heterocycles. The molecule has 2 aromatic carbocycles. The number of furan rings is 1. The van der Waals surface area contributed by atoms with Crippen LogP contribution in [0.5, 0.6) is 0 Å². The van der Waals surface area contributed by atoms with E-state index in [9.17, 15) is 9.59 Å². The summed E-state index contributed by atoms with van der Waals surface area (Å²) in [6.45, 7) is 7.23. The van der Waals surface area contributed by atoms with Crippen LogP contribution in [0.25, 0.3) is 0 Å². The first kappa shape index (κ1) is 23.7. The highest BCUT2D eigenvalue weighted by Gasteiger charge is 2.21. The lowest BCUT2D eigenvalue weighted by Crippen LogP contribution is -2.41. The molecule has 7 heteroatoms. The Hall–Kier alpha value is -3.42. The van der Waals surface area contributed by atoms with Gasteiger partial charge in [-0.15, -0.1) is 0 Å². The molecule has 1 saturated heterocycles. The Labute approximate surface area is 200 Å². The molecule has 1 aliphatic rings. The smallest absolute Gasteiger partial charge is 0.294 e. The Morgan fingerprint density at radius 1 is 0.971 bits per heavy atom. The van der Waals surface area contributed by atoms with Crippen LogP contribution in [-0.4, -0.2) is 56.1 Å². The van der Waals surface area contributed by atoms with Crippen LogP contribution in [-0.2, 0) is 22.5 Å². The molecule has 2 amide bonds. The summed E-state index contributed by atoms with van der Waals surface area (Å²) >= 11 is 0. The van der Waals surface area contributed by atoms with E-state index in [4.69, 9.17) is 9.15 Å². The molecule has 0 spiro atoms. The SMILES string of the molecule is Cc1ccc(CN(C(=O)c2ccco2)c2ccc(CC(=O)NCCN3CCOCC3)cc2)cc1. The molecule has 1 fully saturated rings. The van der Waals surface area contributed by atoms with Gasteiger partial charge in [-0.3, -0.25) is 14.5 Å². The monoisotopic (exact) mass is 461 g/mol. The number of nitrogens with one attached hydrogen (secondary N) is 1. The highest BCUT2D eigenvalue weighted by atomic mass is 16.5. The molecule has 1 N–H and O–H groups in total. The largest absolute Gasteiger partial charge is 0.459 e. The molecular weight excluding hydrogens is 430 g/mol. The lowest BCUT2D eigenvalue weighted by Gasteiger charge is -2.26. The molecule has 0 atom stereocenters. The van der Waals surface area contributed by atoms with E-state index in [1.807, 2.05) is 55.5 Å². The number of benzene rings is 2. The van der Waals surface area contributed by atoms with Crippen molar-refractivity contribution in [2.45, 2.75) is 19.9 Å². The number of rotatable bonds is 9. The first-order valence-electron chi connectivity index (χ1n) is 11.6. The lowest BCUT2D eigenvalue weighted by atomic mass is 10.1. The number of carbonyl (C=O) groups is 2. The van der Waals surface area contributed by atoms with Crippen molar-refractivity contribution >= 4 is 17.5 Å². The maximum Gasteiger partial charge on any atom is 0.294 e. The molecule has 0 aliphatic carbocycles. The molecule has 178 valence electrons. The van der Waals surface area contributed by atoms with Gasteiger partial charge in [-0.2, -0.15) is 0 Å². The van der Waals surface area contributed by atoms with Crippen LogP contribution < -0.4 is 10.2 Å². The Morgan fingerprint density at radius 2 is 1.68 bits per heavy atom. The molecule has 1 aromatic heterocycles. The fourth-order valence-corrected chi connectivity index (χ4v) is 3.91. The van der Waals surface area contributed by atoms with Crippen LogP contribution in [0.3, 0.4) is 0 Å². The fraction of sp³-hybridized carbons (Fsp3) is 0.333. The number of hydrogen-bond acceptors (Lipinski definition) is 5. The van der Waals surface area contributed by atoms with E-state index in [2.05, 4.69) is 10.2 Å². The number of anilines is 1. The van der Waals surface area contributed by atoms with Crippen molar-refractivity contribution in [1.82, 2.24) is 10.2 Å². The van der Waals surface area contributed by atoms with Gasteiger partial charge in [0.1, 0.15) is 0 Å². The van der Waals surface area contributed by atoms with Crippen molar-refractivity contribution in [1.29, 1.82) is 0 Å². The minimum Gasteiger partial charge on any atom is -0.459 e. The second-order valence-corrected chi connectivity index (χ2v) is 8.50. The number of amides is 2. The van der Waals surface area contributed by atoms with Crippen molar-refractivity contribution < 1.29 is 18.7 Å². The Kier molecular flexibility index (Phi) is 8.12. The third kappa shape index (κ3) is 6.56. The molecule has 34 heavy (non-hydrogen) atoms. The highest BCUT2D eigenvalue weighted by Crippen LogP contribution is 2.22. The topological polar surface area (TPSA) is 75.0 Å². The number of aryl methyl sites for hydroxylation is 1. The number of carbonyl (C=O) groups excluding carboxylic acids is 2. The molecule has 0 radical (unpaired) electrons. The molecule has 7 nitrogen and oxygen atoms in total. The summed E-state index contributed by atoms with van der Waals surface area (Å²) in [5.41, 5.74) is 3.83. The average molecular weight is 462 g/mol. The quantitative estimate of drug-likeness (QED) is 0.529. The zero-order chi connectivity index (χ0) is 23.8. The van der Waals surface area contributed by atoms with E-state index in [0.29, 0.717) is 19.5 Å². The highest BCUT2D eigenvalue weighted by molar-refractivity contribution is 6.04. The first-order chi connectivity index (χ1) is 16.6. The van der Waals surface area contributed by atoms with Gasteiger partial charge in [0, 0.05) is 31.9 Å². The van der Waals surface area contributed by atoms with Crippen LogP contribution in [0.2, 0.25) is 0 Å². The Balaban J connectivity index is 1.38. The van der Waals surface area contributed by atoms with E-state index in [1.165, 1.54) is 11.8 Å². The van der Waals surface area contributed by atoms with Gasteiger partial charge in [0.2, 0.25) is 5.91 Å². The number of nitrogens with zero attached hydrogens (tertiary/aromatic N) is 2. The van der Waals surface area contributed by atoms with Crippen LogP contribution >= 0.6 is 0 Å². The van der Waals surface area contributed by atoms with Gasteiger partial charge in [-0.05, 0) is 42.3 Å². The van der Waals surface area contributed by atoms with Crippen molar-refractivity contribution in [2.75, 3.05) is 44.3 Å². The fourth-order valence-electron chi connectivity index (χ4n) is 3.91. The second-order valence-electron chi connectivity index (χ2n) is 8.50. The van der Waals surface area contributed by atoms with Crippen molar-refractivity contribution in [2.24, 2.45) is 0 Å². The van der Waals surface area contributed by atoms with Gasteiger partial charge in [0.25, 0.3) is 5.91 Å². The van der Waals surface area contributed by atoms with Gasteiger partial charge in [-0.25, -0.2) is 0 Å². The molecule has 4 rings (SSSR count). The predicted octanol–water partition coefficient (Wildman–Crippen LogP) is 3.43. The normalized spacial score (nSPS) is 14.0. The standard InChI is InChI=1S/C27H31N3O4/c1-21-4-6-23(7-5-21)20-30(27(32)25-3-2-16-34-25)24-10-8-22(9-11-24)19-26(31)28-12-13-29-14-17-33-18-15-29/h2-11,16H,12-15,17-20H2,1H3,(H,28,31). The second kappa shape index (κ2) is 11.6. The van der Waals surface area contributed by atoms with Gasteiger partial charge in [0.15, 0.2) is 5.76 Å². The van der Waals surface area contributed by atoms with Crippen molar-refractivity contribution in [3.05, 3.63) is 89.4 Å². The van der Waals surface area contributed by atoms with E-state index < -0.39 is 0 Å². The molecular formula is C27H31N3O4. The first-order valence-corrected chi connectivity index (χ1v) is 11.6. The lowest BCUT2D eigenvalue weighted by molar-refractivity contribution is -0.120. The van der Waals surface area contributed by atoms with E-state index in [1.54, 1.807) is 17.0 Å². The minimum absolute atomic E-state index is 0.0100. The summed E-state index contributed by atoms with van der Waals surface area (Å²) in [5.74, 6) is 0.0687. The number of hydrogen-bond donors (Lipinski definition) is 1. The van der Waals surface area contributed by atoms with Crippen LogP contribution in [0.15, 0.2) is 71.3 Å². The minimum atomic E-state index is -0.209.